The second-order valence-corrected chi connectivity index (χ2v) is 14.6. The van der Waals surface area contributed by atoms with Crippen LogP contribution in [0.15, 0.2) is 58.6 Å². The van der Waals surface area contributed by atoms with Crippen molar-refractivity contribution >= 4 is 74.9 Å². The summed E-state index contributed by atoms with van der Waals surface area (Å²) in [5, 5.41) is 21.8. The normalized spacial score (nSPS) is 19.4. The number of nitrogens with zero attached hydrogens (tertiary/aromatic N) is 7. The zero-order chi connectivity index (χ0) is 36.7. The Morgan fingerprint density at radius 1 is 1.23 bits per heavy atom. The number of hydrogen-bond donors (Lipinski definition) is 3. The third kappa shape index (κ3) is 6.71. The lowest BCUT2D eigenvalue weighted by atomic mass is 10.0. The third-order valence-electron chi connectivity index (χ3n) is 8.98. The number of benzene rings is 1. The van der Waals surface area contributed by atoms with Gasteiger partial charge in [-0.05, 0) is 30.5 Å². The van der Waals surface area contributed by atoms with E-state index in [9.17, 15) is 24.3 Å². The zero-order valence-corrected chi connectivity index (χ0v) is 30.0. The number of halogens is 2. The molecule has 3 amide bonds. The maximum atomic E-state index is 15.4. The molecule has 0 saturated carbocycles. The summed E-state index contributed by atoms with van der Waals surface area (Å²) in [6.07, 6.45) is 8.26. The molecule has 3 aliphatic heterocycles. The van der Waals surface area contributed by atoms with Gasteiger partial charge in [0.1, 0.15) is 42.8 Å². The standard InChI is InChI=1S/C32H32ClFN10O6S2/c1-50-39-24(22-16-52-32(35)36-22)28(46)37-25-29(47)44-26(31(48)49)18(15-51-30(25)44)13-42-8-5-23-40(9-10-43(23)42)14-19-20(33)11-17(12-21(19)34)27(45)38-41-6-3-2-4-7-41/h5,8-12,16,25,30H,2-4,6-7,13-15H2,1H3,(H4-,35,36,37,38,45,46,48,49)/b39-24-/t25-,30-/m1/s1. The number of oxime groups is 1. The van der Waals surface area contributed by atoms with Crippen molar-refractivity contribution in [1.82, 2.24) is 34.8 Å². The Bertz CT molecular complexity index is 2140. The molecular formula is C32H32ClFN10O6S2. The van der Waals surface area contributed by atoms with E-state index in [0.717, 1.165) is 48.6 Å². The molecule has 0 radical (unpaired) electrons. The minimum Gasteiger partial charge on any atom is -0.543 e. The van der Waals surface area contributed by atoms with Crippen molar-refractivity contribution in [3.8, 4) is 0 Å². The topological polar surface area (TPSA) is 196 Å². The van der Waals surface area contributed by atoms with Crippen LogP contribution >= 0.6 is 34.7 Å². The van der Waals surface area contributed by atoms with E-state index in [4.69, 9.17) is 22.2 Å². The summed E-state index contributed by atoms with van der Waals surface area (Å²) in [6, 6.07) is 3.38. The first-order valence-corrected chi connectivity index (χ1v) is 18.5. The Balaban J connectivity index is 1.06. The van der Waals surface area contributed by atoms with E-state index in [1.807, 2.05) is 5.01 Å². The monoisotopic (exact) mass is 770 g/mol. The number of β-lactam (4-membered cyclic amide) rings is 1. The number of amides is 3. The highest BCUT2D eigenvalue weighted by Crippen LogP contribution is 2.40. The lowest BCUT2D eigenvalue weighted by molar-refractivity contribution is -0.662. The number of piperidine rings is 1. The summed E-state index contributed by atoms with van der Waals surface area (Å²) < 4.78 is 20.6. The number of nitrogens with two attached hydrogens (primary N) is 1. The van der Waals surface area contributed by atoms with Gasteiger partial charge in [0.15, 0.2) is 17.0 Å². The van der Waals surface area contributed by atoms with Gasteiger partial charge in [0.25, 0.3) is 17.7 Å². The van der Waals surface area contributed by atoms with Crippen LogP contribution < -0.4 is 26.1 Å². The number of thiazole rings is 1. The lowest BCUT2D eigenvalue weighted by Gasteiger charge is -2.50. The number of carbonyl (C=O) groups is 4. The molecule has 6 heterocycles. The highest BCUT2D eigenvalue weighted by molar-refractivity contribution is 8.00. The Labute approximate surface area is 308 Å². The van der Waals surface area contributed by atoms with E-state index in [1.165, 1.54) is 36.4 Å². The average molecular weight is 771 g/mol. The van der Waals surface area contributed by atoms with E-state index < -0.39 is 40.9 Å². The molecule has 0 unspecified atom stereocenters. The highest BCUT2D eigenvalue weighted by Gasteiger charge is 2.53. The van der Waals surface area contributed by atoms with E-state index in [1.54, 1.807) is 38.4 Å². The maximum Gasteiger partial charge on any atom is 0.307 e. The quantitative estimate of drug-likeness (QED) is 0.0837. The lowest BCUT2D eigenvalue weighted by Crippen LogP contribution is -2.71. The van der Waals surface area contributed by atoms with Crippen LogP contribution in [0.5, 0.6) is 0 Å². The summed E-state index contributed by atoms with van der Waals surface area (Å²) in [6.45, 7) is 1.63. The first-order chi connectivity index (χ1) is 25.0. The van der Waals surface area contributed by atoms with Crippen LogP contribution in [0.4, 0.5) is 9.52 Å². The van der Waals surface area contributed by atoms with Crippen LogP contribution in [0.2, 0.25) is 5.02 Å². The van der Waals surface area contributed by atoms with Gasteiger partial charge >= 0.3 is 5.65 Å². The number of carboxylic acids is 1. The third-order valence-corrected chi connectivity index (χ3v) is 11.3. The van der Waals surface area contributed by atoms with Gasteiger partial charge in [-0.3, -0.25) is 24.7 Å². The molecule has 0 spiro atoms. The summed E-state index contributed by atoms with van der Waals surface area (Å²) >= 11 is 8.90. The number of fused-ring (bicyclic) bond motifs is 2. The van der Waals surface area contributed by atoms with Crippen LogP contribution in [0.3, 0.4) is 0 Å². The molecule has 2 fully saturated rings. The number of imidazole rings is 1. The number of nitrogen functional groups attached to an aromatic ring is 1. The number of thioether (sulfide) groups is 1. The maximum absolute atomic E-state index is 15.4. The highest BCUT2D eigenvalue weighted by atomic mass is 35.5. The number of carbonyl (C=O) groups excluding carboxylic acids is 4. The Hall–Kier alpha value is -4.98. The van der Waals surface area contributed by atoms with Gasteiger partial charge in [0.05, 0.1) is 35.5 Å². The molecular weight excluding hydrogens is 739 g/mol. The zero-order valence-electron chi connectivity index (χ0n) is 27.6. The number of carboxylic acid groups (broad SMARTS) is 1. The van der Waals surface area contributed by atoms with Gasteiger partial charge in [0, 0.05) is 35.3 Å². The number of nitrogens with one attached hydrogen (secondary N) is 2. The largest absolute Gasteiger partial charge is 0.543 e. The van der Waals surface area contributed by atoms with Crippen LogP contribution in [0.25, 0.3) is 5.65 Å². The molecule has 1 aromatic carbocycles. The molecule has 7 rings (SSSR count). The Kier molecular flexibility index (Phi) is 9.92. The number of hydrazine groups is 1. The van der Waals surface area contributed by atoms with Crippen molar-refractivity contribution in [3.63, 3.8) is 0 Å². The molecule has 20 heteroatoms. The molecule has 2 saturated heterocycles. The summed E-state index contributed by atoms with van der Waals surface area (Å²) in [5.74, 6) is -3.70. The van der Waals surface area contributed by atoms with E-state index >= 15 is 4.39 Å². The van der Waals surface area contributed by atoms with E-state index in [0.29, 0.717) is 11.2 Å². The Morgan fingerprint density at radius 2 is 2.02 bits per heavy atom. The van der Waals surface area contributed by atoms with Crippen molar-refractivity contribution in [1.29, 1.82) is 0 Å². The van der Waals surface area contributed by atoms with Gasteiger partial charge in [-0.25, -0.2) is 23.6 Å². The fraction of sp³-hybridized carbons (Fsp3) is 0.344. The van der Waals surface area contributed by atoms with Gasteiger partial charge < -0.3 is 25.8 Å². The van der Waals surface area contributed by atoms with Crippen molar-refractivity contribution in [2.45, 2.75) is 43.8 Å². The van der Waals surface area contributed by atoms with Gasteiger partial charge in [-0.15, -0.1) is 27.6 Å². The van der Waals surface area contributed by atoms with Crippen molar-refractivity contribution < 1.29 is 38.1 Å². The van der Waals surface area contributed by atoms with Crippen molar-refractivity contribution in [3.05, 3.63) is 81.1 Å². The van der Waals surface area contributed by atoms with Crippen LogP contribution in [0, 0.1) is 5.82 Å². The van der Waals surface area contributed by atoms with Gasteiger partial charge in [-0.2, -0.15) is 0 Å². The molecule has 52 heavy (non-hydrogen) atoms. The summed E-state index contributed by atoms with van der Waals surface area (Å²) in [5.41, 5.74) is 9.63. The molecule has 3 aliphatic rings. The number of hydrogen-bond acceptors (Lipinski definition) is 12. The van der Waals surface area contributed by atoms with Crippen molar-refractivity contribution in [2.75, 3.05) is 31.7 Å². The second kappa shape index (κ2) is 14.6. The van der Waals surface area contributed by atoms with E-state index in [-0.39, 0.29) is 57.2 Å². The summed E-state index contributed by atoms with van der Waals surface area (Å²) in [4.78, 5) is 61.5. The predicted octanol–water partition coefficient (Wildman–Crippen LogP) is 0.493. The fourth-order valence-corrected chi connectivity index (χ4v) is 8.61. The number of anilines is 1. The molecule has 3 aromatic heterocycles. The Morgan fingerprint density at radius 3 is 2.71 bits per heavy atom. The smallest absolute Gasteiger partial charge is 0.307 e. The van der Waals surface area contributed by atoms with Crippen LogP contribution in [-0.2, 0) is 32.3 Å². The van der Waals surface area contributed by atoms with Gasteiger partial charge in [-0.1, -0.05) is 23.2 Å². The first kappa shape index (κ1) is 35.4. The molecule has 4 aromatic rings. The number of aliphatic carboxylic acids is 1. The van der Waals surface area contributed by atoms with E-state index in [2.05, 4.69) is 20.9 Å². The molecule has 0 bridgehead atoms. The minimum absolute atomic E-state index is 0.0613. The summed E-state index contributed by atoms with van der Waals surface area (Å²) in [7, 11) is 1.26. The molecule has 2 atom stereocenters. The molecule has 4 N–H and O–H groups in total. The second-order valence-electron chi connectivity index (χ2n) is 12.2. The average Bonchev–Trinajstić information content (AvgIpc) is 3.85. The van der Waals surface area contributed by atoms with Gasteiger partial charge in [0.2, 0.25) is 0 Å². The molecule has 0 aliphatic carbocycles. The van der Waals surface area contributed by atoms with Crippen molar-refractivity contribution in [2.24, 2.45) is 5.16 Å². The van der Waals surface area contributed by atoms with Crippen LogP contribution in [-0.4, -0.2) is 90.9 Å². The first-order valence-electron chi connectivity index (χ1n) is 16.1. The number of rotatable bonds is 11. The molecule has 272 valence electrons. The minimum atomic E-state index is -1.53. The SMILES string of the molecule is CO/N=C(\C(=O)N[C@@H]1C(=O)N2C(C(=O)[O-])=C(Cn3ccc4n3cc[n+]4Cc3c(F)cc(C(=O)NN4CCCCC4)cc3Cl)CS[C@H]12)c1csc(N)n1. The predicted molar refractivity (Wildman–Crippen MR) is 186 cm³/mol. The number of aromatic nitrogens is 4. The van der Waals surface area contributed by atoms with Crippen LogP contribution in [0.1, 0.15) is 40.9 Å². The molecule has 16 nitrogen and oxygen atoms in total. The fourth-order valence-electron chi connectivity index (χ4n) is 6.46.